The Kier molecular flexibility index (Phi) is 6.78. The maximum atomic E-state index is 12.9. The standard InChI is InChI=1S/C19H19Cl2F3N4S/c1-2-28-17(15(20)10-26-28)14-8-16(29-18(14)21)27-13(9-25)7-11-4-3-5-12(6-11)19(22,23)24/h3-6,8,10,13,27H,2,7,9,25H2,1H3/t13-/m0/s1. The molecule has 0 saturated carbocycles. The largest absolute Gasteiger partial charge is 0.416 e. The molecule has 3 N–H and O–H groups in total. The van der Waals surface area contributed by atoms with Gasteiger partial charge in [0.1, 0.15) is 4.34 Å². The zero-order chi connectivity index (χ0) is 21.2. The third kappa shape index (κ3) is 5.06. The predicted octanol–water partition coefficient (Wildman–Crippen LogP) is 5.94. The Balaban J connectivity index is 1.79. The smallest absolute Gasteiger partial charge is 0.373 e. The first-order valence-corrected chi connectivity index (χ1v) is 10.4. The molecule has 0 saturated heterocycles. The van der Waals surface area contributed by atoms with Crippen molar-refractivity contribution in [2.24, 2.45) is 5.73 Å². The fraction of sp³-hybridized carbons (Fsp3) is 0.316. The van der Waals surface area contributed by atoms with Crippen LogP contribution in [0.2, 0.25) is 9.36 Å². The Morgan fingerprint density at radius 3 is 2.69 bits per heavy atom. The molecule has 0 bridgehead atoms. The van der Waals surface area contributed by atoms with Crippen LogP contribution in [0.5, 0.6) is 0 Å². The molecule has 0 spiro atoms. The molecule has 4 nitrogen and oxygen atoms in total. The first-order chi connectivity index (χ1) is 13.7. The summed E-state index contributed by atoms with van der Waals surface area (Å²) in [6.07, 6.45) is -2.46. The number of nitrogens with one attached hydrogen (secondary N) is 1. The molecule has 156 valence electrons. The van der Waals surface area contributed by atoms with Crippen molar-refractivity contribution >= 4 is 39.5 Å². The van der Waals surface area contributed by atoms with Gasteiger partial charge in [-0.1, -0.05) is 41.4 Å². The number of hydrogen-bond donors (Lipinski definition) is 2. The molecule has 0 amide bonds. The van der Waals surface area contributed by atoms with Gasteiger partial charge in [0, 0.05) is 24.7 Å². The number of nitrogens with two attached hydrogens (primary N) is 1. The van der Waals surface area contributed by atoms with Gasteiger partial charge in [-0.25, -0.2) is 0 Å². The van der Waals surface area contributed by atoms with Gasteiger partial charge in [-0.05, 0) is 31.0 Å². The second-order valence-corrected chi connectivity index (χ2v) is 8.50. The van der Waals surface area contributed by atoms with Crippen molar-refractivity contribution in [3.8, 4) is 11.3 Å². The summed E-state index contributed by atoms with van der Waals surface area (Å²) in [6, 6.07) is 6.87. The molecule has 0 aliphatic carbocycles. The summed E-state index contributed by atoms with van der Waals surface area (Å²) in [7, 11) is 0. The second-order valence-electron chi connectivity index (χ2n) is 6.43. The summed E-state index contributed by atoms with van der Waals surface area (Å²) in [6.45, 7) is 2.83. The van der Waals surface area contributed by atoms with Crippen molar-refractivity contribution in [3.05, 3.63) is 57.0 Å². The molecule has 0 fully saturated rings. The molecular formula is C19H19Cl2F3N4S. The average Bonchev–Trinajstić information content (AvgIpc) is 3.22. The predicted molar refractivity (Wildman–Crippen MR) is 113 cm³/mol. The van der Waals surface area contributed by atoms with Crippen LogP contribution >= 0.6 is 34.5 Å². The van der Waals surface area contributed by atoms with E-state index in [-0.39, 0.29) is 12.6 Å². The fourth-order valence-electron chi connectivity index (χ4n) is 3.03. The minimum Gasteiger partial charge on any atom is -0.373 e. The summed E-state index contributed by atoms with van der Waals surface area (Å²) >= 11 is 14.0. The molecule has 1 aromatic carbocycles. The van der Waals surface area contributed by atoms with Crippen molar-refractivity contribution in [1.29, 1.82) is 0 Å². The van der Waals surface area contributed by atoms with Gasteiger partial charge in [0.05, 0.1) is 27.5 Å². The Bertz CT molecular complexity index is 984. The van der Waals surface area contributed by atoms with Gasteiger partial charge in [0.2, 0.25) is 0 Å². The highest BCUT2D eigenvalue weighted by atomic mass is 35.5. The number of anilines is 1. The van der Waals surface area contributed by atoms with E-state index in [0.29, 0.717) is 27.9 Å². The van der Waals surface area contributed by atoms with Crippen molar-refractivity contribution in [2.45, 2.75) is 32.1 Å². The lowest BCUT2D eigenvalue weighted by atomic mass is 10.0. The highest BCUT2D eigenvalue weighted by molar-refractivity contribution is 7.20. The van der Waals surface area contributed by atoms with E-state index in [1.165, 1.54) is 17.4 Å². The molecule has 0 aliphatic heterocycles. The van der Waals surface area contributed by atoms with E-state index in [2.05, 4.69) is 10.4 Å². The van der Waals surface area contributed by atoms with Crippen LogP contribution in [-0.4, -0.2) is 22.4 Å². The van der Waals surface area contributed by atoms with E-state index in [0.717, 1.165) is 28.4 Å². The number of aryl methyl sites for hydroxylation is 1. The average molecular weight is 463 g/mol. The van der Waals surface area contributed by atoms with Crippen LogP contribution in [-0.2, 0) is 19.1 Å². The van der Waals surface area contributed by atoms with Crippen LogP contribution in [0.3, 0.4) is 0 Å². The van der Waals surface area contributed by atoms with Crippen LogP contribution in [0, 0.1) is 0 Å². The highest BCUT2D eigenvalue weighted by Crippen LogP contribution is 2.41. The zero-order valence-corrected chi connectivity index (χ0v) is 17.8. The lowest BCUT2D eigenvalue weighted by molar-refractivity contribution is -0.137. The molecule has 0 unspecified atom stereocenters. The fourth-order valence-corrected chi connectivity index (χ4v) is 4.52. The topological polar surface area (TPSA) is 55.9 Å². The number of nitrogens with zero attached hydrogens (tertiary/aromatic N) is 2. The van der Waals surface area contributed by atoms with Crippen LogP contribution in [0.1, 0.15) is 18.1 Å². The monoisotopic (exact) mass is 462 g/mol. The number of halogens is 5. The van der Waals surface area contributed by atoms with Gasteiger partial charge in [-0.2, -0.15) is 18.3 Å². The Hall–Kier alpha value is -1.74. The molecule has 1 atom stereocenters. The van der Waals surface area contributed by atoms with Crippen molar-refractivity contribution < 1.29 is 13.2 Å². The normalized spacial score (nSPS) is 12.9. The number of thiophene rings is 1. The molecule has 29 heavy (non-hydrogen) atoms. The molecule has 2 heterocycles. The van der Waals surface area contributed by atoms with Crippen LogP contribution in [0.25, 0.3) is 11.3 Å². The van der Waals surface area contributed by atoms with E-state index in [9.17, 15) is 13.2 Å². The van der Waals surface area contributed by atoms with Crippen molar-refractivity contribution in [3.63, 3.8) is 0 Å². The number of aromatic nitrogens is 2. The highest BCUT2D eigenvalue weighted by Gasteiger charge is 2.30. The first-order valence-electron chi connectivity index (χ1n) is 8.86. The van der Waals surface area contributed by atoms with Crippen molar-refractivity contribution in [2.75, 3.05) is 11.9 Å². The Labute approximate surface area is 180 Å². The molecular weight excluding hydrogens is 444 g/mol. The summed E-state index contributed by atoms with van der Waals surface area (Å²) in [5.74, 6) is 0. The summed E-state index contributed by atoms with van der Waals surface area (Å²) in [5, 5.41) is 8.75. The Morgan fingerprint density at radius 2 is 2.03 bits per heavy atom. The van der Waals surface area contributed by atoms with Gasteiger partial charge < -0.3 is 11.1 Å². The number of rotatable bonds is 7. The minimum absolute atomic E-state index is 0.245. The van der Waals surface area contributed by atoms with E-state index in [4.69, 9.17) is 28.9 Å². The lowest BCUT2D eigenvalue weighted by Gasteiger charge is -2.17. The number of benzene rings is 1. The van der Waals surface area contributed by atoms with E-state index in [1.807, 2.05) is 13.0 Å². The summed E-state index contributed by atoms with van der Waals surface area (Å²) < 4.78 is 41.1. The molecule has 3 aromatic rings. The molecule has 3 rings (SSSR count). The maximum Gasteiger partial charge on any atom is 0.416 e. The molecule has 0 aliphatic rings. The summed E-state index contributed by atoms with van der Waals surface area (Å²) in [5.41, 5.74) is 7.21. The quantitative estimate of drug-likeness (QED) is 0.456. The first kappa shape index (κ1) is 22.0. The maximum absolute atomic E-state index is 12.9. The Morgan fingerprint density at radius 1 is 1.28 bits per heavy atom. The van der Waals surface area contributed by atoms with E-state index >= 15 is 0 Å². The summed E-state index contributed by atoms with van der Waals surface area (Å²) in [4.78, 5) is 0. The third-order valence-corrected chi connectivity index (χ3v) is 5.97. The van der Waals surface area contributed by atoms with Gasteiger partial charge >= 0.3 is 6.18 Å². The van der Waals surface area contributed by atoms with Crippen LogP contribution in [0.15, 0.2) is 36.5 Å². The molecule has 10 heteroatoms. The number of hydrogen-bond acceptors (Lipinski definition) is 4. The molecule has 2 aromatic heterocycles. The van der Waals surface area contributed by atoms with Crippen LogP contribution < -0.4 is 11.1 Å². The molecule has 0 radical (unpaired) electrons. The SMILES string of the molecule is CCn1ncc(Cl)c1-c1cc(N[C@H](CN)Cc2cccc(C(F)(F)F)c2)sc1Cl. The van der Waals surface area contributed by atoms with Gasteiger partial charge in [0.15, 0.2) is 0 Å². The number of alkyl halides is 3. The van der Waals surface area contributed by atoms with Gasteiger partial charge in [-0.3, -0.25) is 4.68 Å². The zero-order valence-electron chi connectivity index (χ0n) is 15.4. The van der Waals surface area contributed by atoms with E-state index in [1.54, 1.807) is 16.9 Å². The third-order valence-electron chi connectivity index (χ3n) is 4.40. The van der Waals surface area contributed by atoms with Crippen LogP contribution in [0.4, 0.5) is 18.2 Å². The lowest BCUT2D eigenvalue weighted by Crippen LogP contribution is -2.30. The second kappa shape index (κ2) is 8.95. The van der Waals surface area contributed by atoms with Gasteiger partial charge in [0.25, 0.3) is 0 Å². The van der Waals surface area contributed by atoms with E-state index < -0.39 is 11.7 Å². The van der Waals surface area contributed by atoms with Gasteiger partial charge in [-0.15, -0.1) is 11.3 Å². The van der Waals surface area contributed by atoms with Crippen molar-refractivity contribution in [1.82, 2.24) is 9.78 Å². The minimum atomic E-state index is -4.38.